The number of rotatable bonds is 8. The number of carbonyl (C=O) groups is 3. The van der Waals surface area contributed by atoms with Crippen LogP contribution in [0, 0.1) is 0 Å². The summed E-state index contributed by atoms with van der Waals surface area (Å²) in [4.78, 5) is 40.9. The van der Waals surface area contributed by atoms with E-state index in [2.05, 4.69) is 10.6 Å². The lowest BCUT2D eigenvalue weighted by Gasteiger charge is -2.32. The molecule has 0 heterocycles. The van der Waals surface area contributed by atoms with Gasteiger partial charge in [0.1, 0.15) is 5.60 Å². The fourth-order valence-electron chi connectivity index (χ4n) is 5.22. The molecule has 214 valence electrons. The molecular formula is C32H34ClN3O5. The zero-order valence-electron chi connectivity index (χ0n) is 23.4. The van der Waals surface area contributed by atoms with Crippen molar-refractivity contribution in [3.8, 4) is 11.1 Å². The topological polar surface area (TPSA) is 108 Å². The van der Waals surface area contributed by atoms with Crippen LogP contribution in [0.1, 0.15) is 55.9 Å². The summed E-state index contributed by atoms with van der Waals surface area (Å²) >= 11 is 6.22. The van der Waals surface area contributed by atoms with Crippen LogP contribution in [0.25, 0.3) is 11.1 Å². The summed E-state index contributed by atoms with van der Waals surface area (Å²) in [5.41, 5.74) is 1.68. The van der Waals surface area contributed by atoms with Gasteiger partial charge in [0.25, 0.3) is 5.91 Å². The van der Waals surface area contributed by atoms with Gasteiger partial charge in [-0.05, 0) is 68.0 Å². The van der Waals surface area contributed by atoms with Crippen LogP contribution in [0.5, 0.6) is 0 Å². The van der Waals surface area contributed by atoms with Crippen LogP contribution in [-0.4, -0.2) is 46.1 Å². The Morgan fingerprint density at radius 1 is 0.927 bits per heavy atom. The number of nitrogens with zero attached hydrogens (tertiary/aromatic N) is 1. The van der Waals surface area contributed by atoms with Crippen molar-refractivity contribution < 1.29 is 24.2 Å². The number of hydrogen-bond acceptors (Lipinski definition) is 5. The van der Waals surface area contributed by atoms with Crippen LogP contribution in [0.4, 0.5) is 4.79 Å². The Balaban J connectivity index is 1.29. The molecule has 3 N–H and O–H groups in total. The van der Waals surface area contributed by atoms with E-state index in [1.54, 1.807) is 63.2 Å². The minimum absolute atomic E-state index is 0.114. The number of amides is 3. The fourth-order valence-corrected chi connectivity index (χ4v) is 5.42. The number of halogens is 1. The standard InChI is InChI=1S/C32H34ClN3O5/c1-31(2,3)41-30(39)35-17-20-12-13-22(33)16-21(20)18-34-28(37)19-36(23-14-15-23)29(38)32(40)26-10-6-4-8-24(26)25-9-5-7-11-27(25)32/h4-13,16,23,40H,14-15,17-19H2,1-3H3,(H,34,37)(H,35,39). The van der Waals surface area contributed by atoms with Gasteiger partial charge in [-0.15, -0.1) is 0 Å². The first-order chi connectivity index (χ1) is 19.5. The molecule has 5 rings (SSSR count). The highest BCUT2D eigenvalue weighted by atomic mass is 35.5. The lowest BCUT2D eigenvalue weighted by Crippen LogP contribution is -2.51. The maximum Gasteiger partial charge on any atom is 0.407 e. The molecule has 41 heavy (non-hydrogen) atoms. The van der Waals surface area contributed by atoms with Gasteiger partial charge in [0, 0.05) is 35.3 Å². The molecule has 0 bridgehead atoms. The molecule has 2 aliphatic carbocycles. The van der Waals surface area contributed by atoms with Gasteiger partial charge in [0.15, 0.2) is 5.60 Å². The summed E-state index contributed by atoms with van der Waals surface area (Å²) in [6.45, 7) is 5.50. The van der Waals surface area contributed by atoms with Crippen molar-refractivity contribution >= 4 is 29.5 Å². The molecule has 3 aromatic rings. The van der Waals surface area contributed by atoms with Gasteiger partial charge in [-0.25, -0.2) is 4.79 Å². The van der Waals surface area contributed by atoms with Crippen LogP contribution >= 0.6 is 11.6 Å². The van der Waals surface area contributed by atoms with E-state index in [9.17, 15) is 19.5 Å². The van der Waals surface area contributed by atoms with Gasteiger partial charge in [-0.3, -0.25) is 9.59 Å². The van der Waals surface area contributed by atoms with Gasteiger partial charge in [0.2, 0.25) is 5.91 Å². The highest BCUT2D eigenvalue weighted by molar-refractivity contribution is 6.30. The van der Waals surface area contributed by atoms with E-state index in [1.165, 1.54) is 4.90 Å². The third-order valence-corrected chi connectivity index (χ3v) is 7.50. The Kier molecular flexibility index (Phi) is 7.81. The Labute approximate surface area is 244 Å². The SMILES string of the molecule is CC(C)(C)OC(=O)NCc1ccc(Cl)cc1CNC(=O)CN(C(=O)C1(O)c2ccccc2-c2ccccc21)C1CC1. The molecular weight excluding hydrogens is 542 g/mol. The number of fused-ring (bicyclic) bond motifs is 3. The molecule has 9 heteroatoms. The van der Waals surface area contributed by atoms with Crippen molar-refractivity contribution in [3.05, 3.63) is 94.0 Å². The van der Waals surface area contributed by atoms with Gasteiger partial charge in [0.05, 0.1) is 6.54 Å². The summed E-state index contributed by atoms with van der Waals surface area (Å²) < 4.78 is 5.31. The van der Waals surface area contributed by atoms with Gasteiger partial charge in [-0.2, -0.15) is 0 Å². The minimum Gasteiger partial charge on any atom is -0.444 e. The maximum absolute atomic E-state index is 14.1. The second kappa shape index (κ2) is 11.2. The van der Waals surface area contributed by atoms with Gasteiger partial charge < -0.3 is 25.4 Å². The van der Waals surface area contributed by atoms with Crippen LogP contribution in [0.15, 0.2) is 66.7 Å². The number of benzene rings is 3. The molecule has 0 radical (unpaired) electrons. The Morgan fingerprint density at radius 3 is 2.10 bits per heavy atom. The second-order valence-electron chi connectivity index (χ2n) is 11.5. The van der Waals surface area contributed by atoms with E-state index in [4.69, 9.17) is 16.3 Å². The minimum atomic E-state index is -1.87. The maximum atomic E-state index is 14.1. The van der Waals surface area contributed by atoms with E-state index in [-0.39, 0.29) is 31.6 Å². The summed E-state index contributed by atoms with van der Waals surface area (Å²) in [6, 6.07) is 19.8. The second-order valence-corrected chi connectivity index (χ2v) is 11.9. The van der Waals surface area contributed by atoms with Crippen molar-refractivity contribution in [3.63, 3.8) is 0 Å². The Morgan fingerprint density at radius 2 is 1.51 bits per heavy atom. The summed E-state index contributed by atoms with van der Waals surface area (Å²) in [5, 5.41) is 18.1. The first kappa shape index (κ1) is 28.6. The lowest BCUT2D eigenvalue weighted by molar-refractivity contribution is -0.150. The molecule has 1 fully saturated rings. The van der Waals surface area contributed by atoms with Crippen LogP contribution < -0.4 is 10.6 Å². The molecule has 8 nitrogen and oxygen atoms in total. The monoisotopic (exact) mass is 575 g/mol. The fraction of sp³-hybridized carbons (Fsp3) is 0.344. The smallest absolute Gasteiger partial charge is 0.407 e. The van der Waals surface area contributed by atoms with Crippen LogP contribution in [-0.2, 0) is 33.0 Å². The predicted molar refractivity (Wildman–Crippen MR) is 156 cm³/mol. The van der Waals surface area contributed by atoms with Crippen molar-refractivity contribution in [1.82, 2.24) is 15.5 Å². The quantitative estimate of drug-likeness (QED) is 0.354. The van der Waals surface area contributed by atoms with Crippen molar-refractivity contribution in [2.45, 2.75) is 63.9 Å². The van der Waals surface area contributed by atoms with Gasteiger partial charge >= 0.3 is 6.09 Å². The molecule has 3 amide bonds. The highest BCUT2D eigenvalue weighted by Crippen LogP contribution is 2.49. The molecule has 0 atom stereocenters. The van der Waals surface area contributed by atoms with Crippen molar-refractivity contribution in [2.75, 3.05) is 6.54 Å². The first-order valence-corrected chi connectivity index (χ1v) is 14.1. The lowest BCUT2D eigenvalue weighted by atomic mass is 9.89. The number of carbonyl (C=O) groups excluding carboxylic acids is 3. The van der Waals surface area contributed by atoms with E-state index in [0.717, 1.165) is 35.1 Å². The zero-order valence-corrected chi connectivity index (χ0v) is 24.1. The van der Waals surface area contributed by atoms with Gasteiger partial charge in [-0.1, -0.05) is 66.2 Å². The molecule has 0 saturated heterocycles. The number of nitrogens with one attached hydrogen (secondary N) is 2. The summed E-state index contributed by atoms with van der Waals surface area (Å²) in [7, 11) is 0. The Hall–Kier alpha value is -3.88. The largest absolute Gasteiger partial charge is 0.444 e. The van der Waals surface area contributed by atoms with E-state index in [0.29, 0.717) is 16.1 Å². The number of ether oxygens (including phenoxy) is 1. The van der Waals surface area contributed by atoms with E-state index >= 15 is 0 Å². The van der Waals surface area contributed by atoms with Crippen LogP contribution in [0.3, 0.4) is 0 Å². The third-order valence-electron chi connectivity index (χ3n) is 7.26. The average Bonchev–Trinajstić information content (AvgIpc) is 3.74. The van der Waals surface area contributed by atoms with E-state index < -0.39 is 23.2 Å². The predicted octanol–water partition coefficient (Wildman–Crippen LogP) is 4.89. The molecule has 0 unspecified atom stereocenters. The number of alkyl carbamates (subject to hydrolysis) is 1. The average molecular weight is 576 g/mol. The number of hydrogen-bond donors (Lipinski definition) is 3. The molecule has 0 aliphatic heterocycles. The highest BCUT2D eigenvalue weighted by Gasteiger charge is 2.52. The van der Waals surface area contributed by atoms with Crippen molar-refractivity contribution in [1.29, 1.82) is 0 Å². The molecule has 0 spiro atoms. The summed E-state index contributed by atoms with van der Waals surface area (Å²) in [6.07, 6.45) is 0.995. The first-order valence-electron chi connectivity index (χ1n) is 13.7. The van der Waals surface area contributed by atoms with Crippen LogP contribution in [0.2, 0.25) is 5.02 Å². The normalized spacial score (nSPS) is 15.0. The molecule has 2 aliphatic rings. The Bertz CT molecular complexity index is 1450. The summed E-state index contributed by atoms with van der Waals surface area (Å²) in [5.74, 6) is -0.864. The van der Waals surface area contributed by atoms with E-state index in [1.807, 2.05) is 24.3 Å². The van der Waals surface area contributed by atoms with Crippen molar-refractivity contribution in [2.24, 2.45) is 0 Å². The number of aliphatic hydroxyl groups is 1. The molecule has 3 aromatic carbocycles. The molecule has 1 saturated carbocycles. The zero-order chi connectivity index (χ0) is 29.4. The third kappa shape index (κ3) is 6.09. The molecule has 0 aromatic heterocycles.